The Balaban J connectivity index is 1.84. The van der Waals surface area contributed by atoms with Gasteiger partial charge in [0.1, 0.15) is 6.04 Å². The molecule has 1 fully saturated rings. The zero-order valence-electron chi connectivity index (χ0n) is 12.2. The summed E-state index contributed by atoms with van der Waals surface area (Å²) in [6, 6.07) is 7.58. The van der Waals surface area contributed by atoms with Crippen molar-refractivity contribution in [1.29, 1.82) is 0 Å². The van der Waals surface area contributed by atoms with Gasteiger partial charge in [0.15, 0.2) is 0 Å². The molecule has 114 valence electrons. The second kappa shape index (κ2) is 7.50. The Hall–Kier alpha value is -1.49. The van der Waals surface area contributed by atoms with E-state index in [1.165, 1.54) is 16.0 Å². The number of hydrogen-bond donors (Lipinski definition) is 1. The highest BCUT2D eigenvalue weighted by atomic mass is 32.2. The van der Waals surface area contributed by atoms with Gasteiger partial charge in [0.2, 0.25) is 5.91 Å². The van der Waals surface area contributed by atoms with Gasteiger partial charge in [-0.2, -0.15) is 0 Å². The summed E-state index contributed by atoms with van der Waals surface area (Å²) in [5.74, 6) is 0.183. The topological polar surface area (TPSA) is 57.6 Å². The summed E-state index contributed by atoms with van der Waals surface area (Å²) in [5.41, 5.74) is 2.41. The number of aryl methyl sites for hydroxylation is 1. The molecule has 1 saturated heterocycles. The van der Waals surface area contributed by atoms with Crippen molar-refractivity contribution in [2.45, 2.75) is 38.0 Å². The second-order valence-electron chi connectivity index (χ2n) is 5.42. The molecular formula is C16H21NO3S. The van der Waals surface area contributed by atoms with Gasteiger partial charge in [-0.1, -0.05) is 29.8 Å². The third-order valence-corrected chi connectivity index (χ3v) is 4.67. The number of aliphatic carboxylic acids is 1. The van der Waals surface area contributed by atoms with Crippen molar-refractivity contribution in [2.75, 3.05) is 12.3 Å². The Morgan fingerprint density at radius 1 is 1.38 bits per heavy atom. The molecule has 1 unspecified atom stereocenters. The fourth-order valence-corrected chi connectivity index (χ4v) is 3.49. The van der Waals surface area contributed by atoms with Crippen LogP contribution in [0, 0.1) is 6.92 Å². The molecular weight excluding hydrogens is 286 g/mol. The summed E-state index contributed by atoms with van der Waals surface area (Å²) in [7, 11) is 0. The van der Waals surface area contributed by atoms with E-state index in [0.29, 0.717) is 18.7 Å². The van der Waals surface area contributed by atoms with E-state index in [4.69, 9.17) is 0 Å². The highest BCUT2D eigenvalue weighted by Gasteiger charge is 2.31. The smallest absolute Gasteiger partial charge is 0.326 e. The number of carboxylic acids is 1. The van der Waals surface area contributed by atoms with Crippen molar-refractivity contribution < 1.29 is 14.7 Å². The molecule has 21 heavy (non-hydrogen) atoms. The van der Waals surface area contributed by atoms with E-state index in [1.54, 1.807) is 11.8 Å². The number of benzene rings is 1. The van der Waals surface area contributed by atoms with Crippen molar-refractivity contribution in [2.24, 2.45) is 0 Å². The van der Waals surface area contributed by atoms with Crippen LogP contribution < -0.4 is 0 Å². The zero-order valence-corrected chi connectivity index (χ0v) is 13.1. The minimum absolute atomic E-state index is 0.0558. The van der Waals surface area contributed by atoms with Crippen LogP contribution in [0.15, 0.2) is 24.3 Å². The molecule has 1 N–H and O–H groups in total. The van der Waals surface area contributed by atoms with Crippen molar-refractivity contribution >= 4 is 23.6 Å². The monoisotopic (exact) mass is 307 g/mol. The minimum Gasteiger partial charge on any atom is -0.480 e. The largest absolute Gasteiger partial charge is 0.480 e. The summed E-state index contributed by atoms with van der Waals surface area (Å²) >= 11 is 1.55. The van der Waals surface area contributed by atoms with Crippen molar-refractivity contribution in [3.63, 3.8) is 0 Å². The third kappa shape index (κ3) is 4.49. The van der Waals surface area contributed by atoms with Gasteiger partial charge >= 0.3 is 5.97 Å². The average molecular weight is 307 g/mol. The molecule has 1 aromatic rings. The van der Waals surface area contributed by atoms with E-state index in [0.717, 1.165) is 18.6 Å². The van der Waals surface area contributed by atoms with E-state index in [1.807, 2.05) is 25.1 Å². The molecule has 5 heteroatoms. The van der Waals surface area contributed by atoms with Crippen LogP contribution in [0.5, 0.6) is 0 Å². The normalized spacial score (nSPS) is 18.5. The van der Waals surface area contributed by atoms with Gasteiger partial charge in [-0.15, -0.1) is 11.8 Å². The van der Waals surface area contributed by atoms with Crippen LogP contribution in [0.3, 0.4) is 0 Å². The van der Waals surface area contributed by atoms with Gasteiger partial charge in [-0.25, -0.2) is 4.79 Å². The van der Waals surface area contributed by atoms with E-state index < -0.39 is 12.0 Å². The lowest BCUT2D eigenvalue weighted by molar-refractivity contribution is -0.150. The SMILES string of the molecule is Cc1cccc(CSCC(=O)N2CCCCC2C(=O)O)c1. The minimum atomic E-state index is -0.883. The number of hydrogen-bond acceptors (Lipinski definition) is 3. The standard InChI is InChI=1S/C16H21NO3S/c1-12-5-4-6-13(9-12)10-21-11-15(18)17-8-3-2-7-14(17)16(19)20/h4-6,9,14H,2-3,7-8,10-11H2,1H3,(H,19,20). The summed E-state index contributed by atoms with van der Waals surface area (Å²) in [4.78, 5) is 24.9. The number of rotatable bonds is 5. The molecule has 1 aliphatic heterocycles. The Morgan fingerprint density at radius 3 is 2.90 bits per heavy atom. The lowest BCUT2D eigenvalue weighted by atomic mass is 10.0. The van der Waals surface area contributed by atoms with E-state index in [9.17, 15) is 14.7 Å². The first kappa shape index (κ1) is 15.9. The van der Waals surface area contributed by atoms with Gasteiger partial charge in [0.25, 0.3) is 0 Å². The molecule has 0 aliphatic carbocycles. The number of likely N-dealkylation sites (tertiary alicyclic amines) is 1. The highest BCUT2D eigenvalue weighted by Crippen LogP contribution is 2.20. The Bertz CT molecular complexity index is 518. The lowest BCUT2D eigenvalue weighted by Crippen LogP contribution is -2.48. The molecule has 4 nitrogen and oxygen atoms in total. The maximum Gasteiger partial charge on any atom is 0.326 e. The third-order valence-electron chi connectivity index (χ3n) is 3.68. The Morgan fingerprint density at radius 2 is 2.19 bits per heavy atom. The Kier molecular flexibility index (Phi) is 5.67. The average Bonchev–Trinajstić information content (AvgIpc) is 2.47. The summed E-state index contributed by atoms with van der Waals surface area (Å²) in [6.45, 7) is 2.62. The summed E-state index contributed by atoms with van der Waals surface area (Å²) < 4.78 is 0. The van der Waals surface area contributed by atoms with Crippen LogP contribution in [-0.4, -0.2) is 40.2 Å². The predicted molar refractivity (Wildman–Crippen MR) is 84.3 cm³/mol. The van der Waals surface area contributed by atoms with Crippen LogP contribution in [0.4, 0.5) is 0 Å². The first-order chi connectivity index (χ1) is 10.1. The highest BCUT2D eigenvalue weighted by molar-refractivity contribution is 7.99. The summed E-state index contributed by atoms with van der Waals surface area (Å²) in [6.07, 6.45) is 2.36. The second-order valence-corrected chi connectivity index (χ2v) is 6.40. The predicted octanol–water partition coefficient (Wildman–Crippen LogP) is 2.69. The zero-order chi connectivity index (χ0) is 15.2. The van der Waals surface area contributed by atoms with Crippen molar-refractivity contribution in [1.82, 2.24) is 4.90 Å². The first-order valence-corrected chi connectivity index (χ1v) is 8.39. The van der Waals surface area contributed by atoms with Gasteiger partial charge in [0, 0.05) is 12.3 Å². The molecule has 0 spiro atoms. The molecule has 0 radical (unpaired) electrons. The van der Waals surface area contributed by atoms with Gasteiger partial charge in [0.05, 0.1) is 5.75 Å². The number of carboxylic acid groups (broad SMARTS) is 1. The van der Waals surface area contributed by atoms with Crippen LogP contribution in [0.25, 0.3) is 0 Å². The van der Waals surface area contributed by atoms with Crippen LogP contribution in [0.1, 0.15) is 30.4 Å². The molecule has 1 aromatic carbocycles. The fraction of sp³-hybridized carbons (Fsp3) is 0.500. The summed E-state index contributed by atoms with van der Waals surface area (Å²) in [5, 5.41) is 9.19. The van der Waals surface area contributed by atoms with Gasteiger partial charge in [-0.3, -0.25) is 4.79 Å². The first-order valence-electron chi connectivity index (χ1n) is 7.23. The van der Waals surface area contributed by atoms with Crippen LogP contribution in [0.2, 0.25) is 0 Å². The number of carbonyl (C=O) groups excluding carboxylic acids is 1. The van der Waals surface area contributed by atoms with Crippen LogP contribution >= 0.6 is 11.8 Å². The molecule has 0 bridgehead atoms. The van der Waals surface area contributed by atoms with E-state index in [-0.39, 0.29) is 5.91 Å². The van der Waals surface area contributed by atoms with Crippen molar-refractivity contribution in [3.05, 3.63) is 35.4 Å². The van der Waals surface area contributed by atoms with Gasteiger partial charge < -0.3 is 10.0 Å². The molecule has 2 rings (SSSR count). The molecule has 1 atom stereocenters. The fourth-order valence-electron chi connectivity index (χ4n) is 2.63. The maximum absolute atomic E-state index is 12.2. The number of thioether (sulfide) groups is 1. The molecule has 1 amide bonds. The van der Waals surface area contributed by atoms with Gasteiger partial charge in [-0.05, 0) is 31.7 Å². The number of amides is 1. The van der Waals surface area contributed by atoms with Crippen molar-refractivity contribution in [3.8, 4) is 0 Å². The van der Waals surface area contributed by atoms with E-state index >= 15 is 0 Å². The molecule has 0 saturated carbocycles. The quantitative estimate of drug-likeness (QED) is 0.908. The van der Waals surface area contributed by atoms with Crippen LogP contribution in [-0.2, 0) is 15.3 Å². The maximum atomic E-state index is 12.2. The number of piperidine rings is 1. The molecule has 1 aliphatic rings. The molecule has 0 aromatic heterocycles. The molecule has 1 heterocycles. The lowest BCUT2D eigenvalue weighted by Gasteiger charge is -2.32. The number of carbonyl (C=O) groups is 2. The number of nitrogens with zero attached hydrogens (tertiary/aromatic N) is 1. The Labute approximate surface area is 129 Å². The van der Waals surface area contributed by atoms with E-state index in [2.05, 4.69) is 6.07 Å².